The van der Waals surface area contributed by atoms with Gasteiger partial charge in [0.05, 0.1) is 5.54 Å². The van der Waals surface area contributed by atoms with Crippen molar-refractivity contribution in [1.82, 2.24) is 20.9 Å². The number of imide groups is 1. The molecular weight excluding hydrogens is 392 g/mol. The van der Waals surface area contributed by atoms with Crippen molar-refractivity contribution in [3.05, 3.63) is 70.8 Å². The molecule has 0 saturated carbocycles. The zero-order valence-electron chi connectivity index (χ0n) is 17.3. The van der Waals surface area contributed by atoms with Crippen LogP contribution in [0.1, 0.15) is 46.3 Å². The third kappa shape index (κ3) is 3.64. The molecule has 2 unspecified atom stereocenters. The first-order valence-corrected chi connectivity index (χ1v) is 10.8. The van der Waals surface area contributed by atoms with Gasteiger partial charge in [0.25, 0.3) is 5.91 Å². The number of nitrogens with zero attached hydrogens (tertiary/aromatic N) is 1. The molecule has 3 heterocycles. The summed E-state index contributed by atoms with van der Waals surface area (Å²) in [6.45, 7) is 2.95. The van der Waals surface area contributed by atoms with Gasteiger partial charge in [-0.05, 0) is 42.1 Å². The number of benzene rings is 2. The van der Waals surface area contributed by atoms with Crippen molar-refractivity contribution in [2.45, 2.75) is 43.9 Å². The number of carbonyl (C=O) groups excluding carboxylic acids is 3. The quantitative estimate of drug-likeness (QED) is 0.639. The van der Waals surface area contributed by atoms with Gasteiger partial charge >= 0.3 is 0 Å². The molecule has 2 saturated heterocycles. The van der Waals surface area contributed by atoms with E-state index in [-0.39, 0.29) is 29.7 Å². The lowest BCUT2D eigenvalue weighted by Crippen LogP contribution is -2.52. The second kappa shape index (κ2) is 7.90. The molecule has 0 radical (unpaired) electrons. The summed E-state index contributed by atoms with van der Waals surface area (Å²) in [5.74, 6) is -0.782. The van der Waals surface area contributed by atoms with Crippen LogP contribution in [0.15, 0.2) is 48.5 Å². The Morgan fingerprint density at radius 3 is 2.68 bits per heavy atom. The lowest BCUT2D eigenvalue weighted by molar-refractivity contribution is -0.136. The summed E-state index contributed by atoms with van der Waals surface area (Å²) in [4.78, 5) is 38.1. The molecule has 7 nitrogen and oxygen atoms in total. The maximum Gasteiger partial charge on any atom is 0.255 e. The van der Waals surface area contributed by atoms with Gasteiger partial charge in [-0.2, -0.15) is 0 Å². The summed E-state index contributed by atoms with van der Waals surface area (Å²) >= 11 is 0. The molecule has 3 aliphatic rings. The molecule has 0 bridgehead atoms. The van der Waals surface area contributed by atoms with E-state index < -0.39 is 6.04 Å². The van der Waals surface area contributed by atoms with Crippen molar-refractivity contribution in [3.63, 3.8) is 0 Å². The smallest absolute Gasteiger partial charge is 0.255 e. The van der Waals surface area contributed by atoms with Crippen LogP contribution >= 0.6 is 0 Å². The van der Waals surface area contributed by atoms with Crippen LogP contribution in [0.2, 0.25) is 0 Å². The van der Waals surface area contributed by atoms with E-state index in [0.29, 0.717) is 25.1 Å². The number of rotatable bonds is 5. The molecule has 0 aliphatic carbocycles. The van der Waals surface area contributed by atoms with Gasteiger partial charge in [0, 0.05) is 31.6 Å². The van der Waals surface area contributed by atoms with Crippen LogP contribution in [0.4, 0.5) is 0 Å². The molecule has 3 amide bonds. The molecule has 31 heavy (non-hydrogen) atoms. The van der Waals surface area contributed by atoms with Crippen LogP contribution in [-0.4, -0.2) is 41.8 Å². The van der Waals surface area contributed by atoms with Crippen molar-refractivity contribution in [3.8, 4) is 0 Å². The lowest BCUT2D eigenvalue weighted by Gasteiger charge is -2.30. The SMILES string of the molecule is O=C1CCC(N2Cc3cc(CNC4(c5ccccc5)CCNC4)ccc3C2=O)C(=O)N1. The lowest BCUT2D eigenvalue weighted by atomic mass is 9.88. The standard InChI is InChI=1S/C24H26N4O3/c29-21-9-8-20(22(30)27-21)28-14-17-12-16(6-7-19(17)23(28)31)13-26-24(10-11-25-15-24)18-4-2-1-3-5-18/h1-7,12,20,25-26H,8-11,13-15H2,(H,27,29,30). The van der Waals surface area contributed by atoms with Crippen molar-refractivity contribution in [1.29, 1.82) is 0 Å². The Balaban J connectivity index is 1.31. The summed E-state index contributed by atoms with van der Waals surface area (Å²) < 4.78 is 0. The molecular formula is C24H26N4O3. The van der Waals surface area contributed by atoms with Crippen LogP contribution in [0, 0.1) is 0 Å². The molecule has 7 heteroatoms. The predicted octanol–water partition coefficient (Wildman–Crippen LogP) is 1.43. The molecule has 3 N–H and O–H groups in total. The molecule has 160 valence electrons. The Hall–Kier alpha value is -3.03. The summed E-state index contributed by atoms with van der Waals surface area (Å²) in [5, 5.41) is 9.57. The van der Waals surface area contributed by atoms with E-state index in [1.165, 1.54) is 5.56 Å². The second-order valence-electron chi connectivity index (χ2n) is 8.62. The number of carbonyl (C=O) groups is 3. The largest absolute Gasteiger partial charge is 0.322 e. The summed E-state index contributed by atoms with van der Waals surface area (Å²) in [6.07, 6.45) is 1.66. The second-order valence-corrected chi connectivity index (χ2v) is 8.62. The number of nitrogens with one attached hydrogen (secondary N) is 3. The molecule has 2 aromatic carbocycles. The maximum absolute atomic E-state index is 12.9. The van der Waals surface area contributed by atoms with Crippen LogP contribution in [0.3, 0.4) is 0 Å². The summed E-state index contributed by atoms with van der Waals surface area (Å²) in [7, 11) is 0. The Kier molecular flexibility index (Phi) is 5.08. The average molecular weight is 418 g/mol. The monoisotopic (exact) mass is 418 g/mol. The molecule has 3 aliphatic heterocycles. The Morgan fingerprint density at radius 1 is 1.10 bits per heavy atom. The van der Waals surface area contributed by atoms with Crippen molar-refractivity contribution < 1.29 is 14.4 Å². The number of fused-ring (bicyclic) bond motifs is 1. The number of hydrogen-bond donors (Lipinski definition) is 3. The Labute approximate surface area is 181 Å². The van der Waals surface area contributed by atoms with Crippen molar-refractivity contribution >= 4 is 17.7 Å². The van der Waals surface area contributed by atoms with Gasteiger partial charge in [-0.1, -0.05) is 42.5 Å². The molecule has 0 aromatic heterocycles. The van der Waals surface area contributed by atoms with Crippen LogP contribution in [0.5, 0.6) is 0 Å². The van der Waals surface area contributed by atoms with Gasteiger partial charge in [0.2, 0.25) is 11.8 Å². The van der Waals surface area contributed by atoms with E-state index in [0.717, 1.165) is 30.6 Å². The minimum Gasteiger partial charge on any atom is -0.322 e. The molecule has 5 rings (SSSR count). The zero-order chi connectivity index (χ0) is 21.4. The molecule has 2 fully saturated rings. The molecule has 2 aromatic rings. The maximum atomic E-state index is 12.9. The normalized spacial score (nSPS) is 25.6. The van der Waals surface area contributed by atoms with Gasteiger partial charge in [-0.3, -0.25) is 19.7 Å². The van der Waals surface area contributed by atoms with Crippen LogP contribution < -0.4 is 16.0 Å². The van der Waals surface area contributed by atoms with Crippen LogP contribution in [0.25, 0.3) is 0 Å². The fourth-order valence-electron chi connectivity index (χ4n) is 4.96. The first kappa shape index (κ1) is 19.9. The first-order valence-electron chi connectivity index (χ1n) is 10.8. The van der Waals surface area contributed by atoms with E-state index >= 15 is 0 Å². The minimum absolute atomic E-state index is 0.102. The van der Waals surface area contributed by atoms with Gasteiger partial charge in [0.1, 0.15) is 6.04 Å². The first-order chi connectivity index (χ1) is 15.1. The summed E-state index contributed by atoms with van der Waals surface area (Å²) in [5.41, 5.74) is 3.87. The number of amides is 3. The Morgan fingerprint density at radius 2 is 1.94 bits per heavy atom. The Bertz CT molecular complexity index is 1030. The molecule has 0 spiro atoms. The van der Waals surface area contributed by atoms with E-state index in [1.807, 2.05) is 18.2 Å². The highest BCUT2D eigenvalue weighted by Gasteiger charge is 2.39. The highest BCUT2D eigenvalue weighted by Crippen LogP contribution is 2.30. The fraction of sp³-hybridized carbons (Fsp3) is 0.375. The van der Waals surface area contributed by atoms with E-state index in [9.17, 15) is 14.4 Å². The van der Waals surface area contributed by atoms with Crippen LogP contribution in [-0.2, 0) is 28.2 Å². The zero-order valence-corrected chi connectivity index (χ0v) is 17.3. The topological polar surface area (TPSA) is 90.5 Å². The fourth-order valence-corrected chi connectivity index (χ4v) is 4.96. The van der Waals surface area contributed by atoms with Crippen molar-refractivity contribution in [2.24, 2.45) is 0 Å². The van der Waals surface area contributed by atoms with E-state index in [1.54, 1.807) is 4.90 Å². The van der Waals surface area contributed by atoms with Gasteiger partial charge < -0.3 is 15.5 Å². The summed E-state index contributed by atoms with van der Waals surface area (Å²) in [6, 6.07) is 15.8. The minimum atomic E-state index is -0.579. The number of hydrogen-bond acceptors (Lipinski definition) is 5. The highest BCUT2D eigenvalue weighted by molar-refractivity contribution is 6.05. The van der Waals surface area contributed by atoms with Crippen molar-refractivity contribution in [2.75, 3.05) is 13.1 Å². The average Bonchev–Trinajstić information content (AvgIpc) is 3.39. The third-order valence-corrected chi connectivity index (χ3v) is 6.70. The van der Waals surface area contributed by atoms with Gasteiger partial charge in [-0.25, -0.2) is 0 Å². The van der Waals surface area contributed by atoms with Gasteiger partial charge in [-0.15, -0.1) is 0 Å². The van der Waals surface area contributed by atoms with E-state index in [4.69, 9.17) is 0 Å². The highest BCUT2D eigenvalue weighted by atomic mass is 16.2. The third-order valence-electron chi connectivity index (χ3n) is 6.70. The predicted molar refractivity (Wildman–Crippen MR) is 115 cm³/mol. The van der Waals surface area contributed by atoms with Gasteiger partial charge in [0.15, 0.2) is 0 Å². The molecule has 2 atom stereocenters. The van der Waals surface area contributed by atoms with E-state index in [2.05, 4.69) is 46.3 Å². The number of piperidine rings is 1.